The molecule has 1 saturated heterocycles. The van der Waals surface area contributed by atoms with Gasteiger partial charge in [-0.2, -0.15) is 0 Å². The van der Waals surface area contributed by atoms with Crippen LogP contribution in [-0.2, 0) is 9.31 Å². The van der Waals surface area contributed by atoms with Gasteiger partial charge in [-0.25, -0.2) is 0 Å². The van der Waals surface area contributed by atoms with Gasteiger partial charge in [0.2, 0.25) is 0 Å². The molecule has 1 aromatic rings. The molecule has 2 fully saturated rings. The monoisotopic (exact) mass is 275 g/mol. The minimum Gasteiger partial charge on any atom is -0.399 e. The van der Waals surface area contributed by atoms with Crippen LogP contribution in [0.1, 0.15) is 57.6 Å². The predicted octanol–water partition coefficient (Wildman–Crippen LogP) is 1.86. The molecule has 0 bridgehead atoms. The number of H-pyrrole nitrogens is 1. The molecule has 1 aliphatic heterocycles. The molecule has 0 unspecified atom stereocenters. The Morgan fingerprint density at radius 2 is 1.75 bits per heavy atom. The molecule has 4 nitrogen and oxygen atoms in total. The van der Waals surface area contributed by atoms with Crippen LogP contribution in [-0.4, -0.2) is 23.3 Å². The van der Waals surface area contributed by atoms with Gasteiger partial charge in [0.25, 0.3) is 5.56 Å². The zero-order chi connectivity index (χ0) is 14.7. The molecule has 0 aromatic carbocycles. The lowest BCUT2D eigenvalue weighted by Crippen LogP contribution is -2.41. The zero-order valence-electron chi connectivity index (χ0n) is 12.9. The van der Waals surface area contributed by atoms with E-state index in [4.69, 9.17) is 9.31 Å². The third kappa shape index (κ3) is 2.04. The first-order valence-corrected chi connectivity index (χ1v) is 7.30. The van der Waals surface area contributed by atoms with E-state index in [0.717, 1.165) is 29.4 Å². The second-order valence-corrected chi connectivity index (χ2v) is 6.97. The van der Waals surface area contributed by atoms with Gasteiger partial charge in [-0.05, 0) is 58.9 Å². The van der Waals surface area contributed by atoms with E-state index in [9.17, 15) is 4.79 Å². The van der Waals surface area contributed by atoms with E-state index in [2.05, 4.69) is 4.98 Å². The summed E-state index contributed by atoms with van der Waals surface area (Å²) in [6.07, 6.45) is 3.96. The Balaban J connectivity index is 2.00. The highest BCUT2D eigenvalue weighted by Gasteiger charge is 2.52. The van der Waals surface area contributed by atoms with Crippen molar-refractivity contribution in [2.24, 2.45) is 0 Å². The van der Waals surface area contributed by atoms with Crippen LogP contribution in [0.3, 0.4) is 0 Å². The maximum atomic E-state index is 12.0. The van der Waals surface area contributed by atoms with Crippen molar-refractivity contribution in [1.82, 2.24) is 4.98 Å². The van der Waals surface area contributed by atoms with Crippen molar-refractivity contribution in [3.63, 3.8) is 0 Å². The molecule has 5 heteroatoms. The summed E-state index contributed by atoms with van der Waals surface area (Å²) in [5.41, 5.74) is 2.20. The van der Waals surface area contributed by atoms with Crippen molar-refractivity contribution in [1.29, 1.82) is 0 Å². The van der Waals surface area contributed by atoms with E-state index >= 15 is 0 Å². The van der Waals surface area contributed by atoms with Crippen LogP contribution in [0.15, 0.2) is 11.0 Å². The van der Waals surface area contributed by atoms with E-state index in [1.165, 1.54) is 0 Å². The fourth-order valence-corrected chi connectivity index (χ4v) is 2.73. The maximum Gasteiger partial charge on any atom is 0.496 e. The number of rotatable bonds is 2. The molecule has 0 spiro atoms. The Kier molecular flexibility index (Phi) is 2.93. The normalized spacial score (nSPS) is 24.1. The first-order valence-electron chi connectivity index (χ1n) is 7.30. The van der Waals surface area contributed by atoms with Crippen LogP contribution < -0.4 is 11.0 Å². The smallest absolute Gasteiger partial charge is 0.399 e. The van der Waals surface area contributed by atoms with Gasteiger partial charge in [-0.1, -0.05) is 0 Å². The quantitative estimate of drug-likeness (QED) is 0.838. The lowest BCUT2D eigenvalue weighted by molar-refractivity contribution is 0.00578. The first kappa shape index (κ1) is 13.9. The molecule has 108 valence electrons. The van der Waals surface area contributed by atoms with E-state index in [0.29, 0.717) is 5.92 Å². The van der Waals surface area contributed by atoms with Gasteiger partial charge in [-0.3, -0.25) is 4.79 Å². The molecule has 0 amide bonds. The summed E-state index contributed by atoms with van der Waals surface area (Å²) in [4.78, 5) is 14.9. The highest BCUT2D eigenvalue weighted by molar-refractivity contribution is 6.62. The molecular weight excluding hydrogens is 253 g/mol. The molecule has 0 atom stereocenters. The molecule has 1 aliphatic carbocycles. The number of aromatic nitrogens is 1. The van der Waals surface area contributed by atoms with E-state index < -0.39 is 7.12 Å². The highest BCUT2D eigenvalue weighted by atomic mass is 16.7. The van der Waals surface area contributed by atoms with Gasteiger partial charge < -0.3 is 14.3 Å². The summed E-state index contributed by atoms with van der Waals surface area (Å²) in [6, 6.07) is 0. The van der Waals surface area contributed by atoms with Crippen molar-refractivity contribution < 1.29 is 9.31 Å². The third-order valence-corrected chi connectivity index (χ3v) is 4.93. The Labute approximate surface area is 120 Å². The summed E-state index contributed by atoms with van der Waals surface area (Å²) < 4.78 is 12.2. The first-order chi connectivity index (χ1) is 9.23. The Morgan fingerprint density at radius 1 is 1.20 bits per heavy atom. The van der Waals surface area contributed by atoms with Crippen LogP contribution in [0.2, 0.25) is 0 Å². The molecule has 3 rings (SSSR count). The fraction of sp³-hybridized carbons (Fsp3) is 0.667. The van der Waals surface area contributed by atoms with Crippen LogP contribution >= 0.6 is 0 Å². The molecule has 1 saturated carbocycles. The summed E-state index contributed by atoms with van der Waals surface area (Å²) in [5.74, 6) is 0.418. The van der Waals surface area contributed by atoms with Crippen molar-refractivity contribution in [2.75, 3.05) is 0 Å². The largest absolute Gasteiger partial charge is 0.496 e. The second-order valence-electron chi connectivity index (χ2n) is 6.97. The molecule has 1 aromatic heterocycles. The number of nitrogens with one attached hydrogen (secondary N) is 1. The zero-order valence-corrected chi connectivity index (χ0v) is 12.9. The maximum absolute atomic E-state index is 12.0. The number of pyridine rings is 1. The highest BCUT2D eigenvalue weighted by Crippen LogP contribution is 2.40. The van der Waals surface area contributed by atoms with Gasteiger partial charge in [-0.15, -0.1) is 0 Å². The average Bonchev–Trinajstić information content (AvgIpc) is 3.08. The van der Waals surface area contributed by atoms with Crippen molar-refractivity contribution in [3.05, 3.63) is 27.7 Å². The number of hydrogen-bond acceptors (Lipinski definition) is 3. The van der Waals surface area contributed by atoms with Crippen molar-refractivity contribution in [3.8, 4) is 0 Å². The second kappa shape index (κ2) is 4.21. The summed E-state index contributed by atoms with van der Waals surface area (Å²) in [5, 5.41) is 0. The minimum absolute atomic E-state index is 0.0327. The van der Waals surface area contributed by atoms with Crippen LogP contribution in [0.25, 0.3) is 0 Å². The molecule has 1 N–H and O–H groups in total. The van der Waals surface area contributed by atoms with Gasteiger partial charge in [0.05, 0.1) is 11.2 Å². The molecule has 2 aliphatic rings. The molecule has 0 radical (unpaired) electrons. The summed E-state index contributed by atoms with van der Waals surface area (Å²) in [7, 11) is -0.408. The van der Waals surface area contributed by atoms with Gasteiger partial charge in [0.15, 0.2) is 0 Å². The summed E-state index contributed by atoms with van der Waals surface area (Å²) >= 11 is 0. The van der Waals surface area contributed by atoms with Crippen molar-refractivity contribution >= 4 is 12.6 Å². The topological polar surface area (TPSA) is 51.3 Å². The average molecular weight is 275 g/mol. The Bertz CT molecular complexity index is 586. The lowest BCUT2D eigenvalue weighted by Gasteiger charge is -2.32. The Hall–Kier alpha value is -1.07. The summed E-state index contributed by atoms with van der Waals surface area (Å²) in [6.45, 7) is 10.2. The van der Waals surface area contributed by atoms with E-state index in [-0.39, 0.29) is 16.8 Å². The Morgan fingerprint density at radius 3 is 2.25 bits per heavy atom. The van der Waals surface area contributed by atoms with E-state index in [1.807, 2.05) is 34.6 Å². The van der Waals surface area contributed by atoms with Gasteiger partial charge in [0, 0.05) is 17.2 Å². The van der Waals surface area contributed by atoms with E-state index in [1.54, 1.807) is 6.20 Å². The van der Waals surface area contributed by atoms with Crippen LogP contribution in [0.4, 0.5) is 0 Å². The SMILES string of the molecule is Cc1c(B2OC(C)(C)C(C)(C)O2)c[nH]c(=O)c1C1CC1. The van der Waals surface area contributed by atoms with Crippen LogP contribution in [0, 0.1) is 6.92 Å². The number of hydrogen-bond donors (Lipinski definition) is 1. The standard InChI is InChI=1S/C15H22BNO3/c1-9-11(8-17-13(18)12(9)10-6-7-10)16-19-14(2,3)15(4,5)20-16/h8,10H,6-7H2,1-5H3,(H,17,18). The van der Waals surface area contributed by atoms with Gasteiger partial charge >= 0.3 is 7.12 Å². The van der Waals surface area contributed by atoms with Gasteiger partial charge in [0.1, 0.15) is 0 Å². The van der Waals surface area contributed by atoms with Crippen molar-refractivity contribution in [2.45, 2.75) is 64.6 Å². The predicted molar refractivity (Wildman–Crippen MR) is 79.5 cm³/mol. The molecule has 20 heavy (non-hydrogen) atoms. The molecular formula is C15H22BNO3. The third-order valence-electron chi connectivity index (χ3n) is 4.93. The van der Waals surface area contributed by atoms with Crippen LogP contribution in [0.5, 0.6) is 0 Å². The molecule has 2 heterocycles. The minimum atomic E-state index is -0.408. The number of aromatic amines is 1. The lowest BCUT2D eigenvalue weighted by atomic mass is 9.76. The fourth-order valence-electron chi connectivity index (χ4n) is 2.73.